The third-order valence-electron chi connectivity index (χ3n) is 8.57. The van der Waals surface area contributed by atoms with E-state index in [1.54, 1.807) is 6.08 Å². The molecule has 0 radical (unpaired) electrons. The topological polar surface area (TPSA) is 58.4 Å². The summed E-state index contributed by atoms with van der Waals surface area (Å²) in [6.07, 6.45) is 11.5. The van der Waals surface area contributed by atoms with Crippen LogP contribution in [0, 0.1) is 18.8 Å². The van der Waals surface area contributed by atoms with Gasteiger partial charge in [-0.05, 0) is 73.9 Å². The molecule has 1 aliphatic heterocycles. The van der Waals surface area contributed by atoms with Crippen LogP contribution in [-0.4, -0.2) is 45.7 Å². The zero-order chi connectivity index (χ0) is 27.7. The molecule has 39 heavy (non-hydrogen) atoms. The molecule has 5 nitrogen and oxygen atoms in total. The highest BCUT2D eigenvalue weighted by Gasteiger charge is 2.30. The number of hydrogen-bond acceptors (Lipinski definition) is 4. The van der Waals surface area contributed by atoms with E-state index in [-0.39, 0.29) is 0 Å². The maximum atomic E-state index is 12.4. The number of carboxylic acid groups (broad SMARTS) is 1. The molecule has 0 unspecified atom stereocenters. The van der Waals surface area contributed by atoms with Crippen molar-refractivity contribution in [2.75, 3.05) is 20.1 Å². The number of aromatic carboxylic acids is 1. The Labute approximate surface area is 236 Å². The predicted molar refractivity (Wildman–Crippen MR) is 163 cm³/mol. The first-order valence-corrected chi connectivity index (χ1v) is 14.8. The number of imidazole rings is 1. The molecule has 0 spiro atoms. The fourth-order valence-electron chi connectivity index (χ4n) is 6.10. The Morgan fingerprint density at radius 2 is 1.82 bits per heavy atom. The molecule has 0 saturated heterocycles. The largest absolute Gasteiger partial charge is 0.477 e. The Bertz CT molecular complexity index is 1430. The standard InChI is InChI=1S/C33H39N3O2S/c1-6-7-8-29-22(3)36(5)32(34-29)25-15-13-24(14-16-25)30-19-27(31(39-30)33(37)38)26-17-18-35(4)20-28(26)23-11-9-21(2)10-12-23/h6-8,13-16,19,21,23H,1,9-12,17-18,20H2,2-5H3,(H,37,38)/b8-7-. The smallest absolute Gasteiger partial charge is 0.346 e. The molecule has 5 rings (SSSR count). The quantitative estimate of drug-likeness (QED) is 0.309. The van der Waals surface area contributed by atoms with Crippen LogP contribution in [0.2, 0.25) is 0 Å². The van der Waals surface area contributed by atoms with Gasteiger partial charge in [-0.2, -0.15) is 0 Å². The Balaban J connectivity index is 1.50. The average Bonchev–Trinajstić information content (AvgIpc) is 3.50. The van der Waals surface area contributed by atoms with Crippen LogP contribution in [0.25, 0.3) is 33.5 Å². The van der Waals surface area contributed by atoms with E-state index in [1.165, 1.54) is 48.2 Å². The third kappa shape index (κ3) is 5.59. The van der Waals surface area contributed by atoms with Crippen LogP contribution in [0.4, 0.5) is 0 Å². The van der Waals surface area contributed by atoms with E-state index in [4.69, 9.17) is 4.98 Å². The van der Waals surface area contributed by atoms with Crippen molar-refractivity contribution in [3.8, 4) is 21.8 Å². The van der Waals surface area contributed by atoms with Crippen molar-refractivity contribution in [1.82, 2.24) is 14.5 Å². The van der Waals surface area contributed by atoms with Gasteiger partial charge < -0.3 is 14.6 Å². The molecule has 6 heteroatoms. The SMILES string of the molecule is C=C/C=C\c1nc(-c2ccc(-c3cc(C4=C(C5CCC(C)CC5)CN(C)CC4)c(C(=O)O)s3)cc2)n(C)c1C. The molecule has 3 aromatic rings. The highest BCUT2D eigenvalue weighted by atomic mass is 32.1. The second-order valence-corrected chi connectivity index (χ2v) is 12.3. The maximum absolute atomic E-state index is 12.4. The number of rotatable bonds is 7. The summed E-state index contributed by atoms with van der Waals surface area (Å²) in [5.41, 5.74) is 7.79. The van der Waals surface area contributed by atoms with E-state index >= 15 is 0 Å². The molecule has 1 N–H and O–H groups in total. The molecule has 1 aromatic carbocycles. The normalized spacial score (nSPS) is 20.6. The van der Waals surface area contributed by atoms with Crippen LogP contribution in [0.1, 0.15) is 65.7 Å². The lowest BCUT2D eigenvalue weighted by Crippen LogP contribution is -2.31. The van der Waals surface area contributed by atoms with Gasteiger partial charge in [-0.1, -0.05) is 62.8 Å². The number of benzene rings is 1. The minimum atomic E-state index is -0.829. The maximum Gasteiger partial charge on any atom is 0.346 e. The summed E-state index contributed by atoms with van der Waals surface area (Å²) in [4.78, 5) is 21.1. The van der Waals surface area contributed by atoms with Crippen LogP contribution in [-0.2, 0) is 7.05 Å². The van der Waals surface area contributed by atoms with Gasteiger partial charge in [0.25, 0.3) is 0 Å². The third-order valence-corrected chi connectivity index (χ3v) is 9.74. The van der Waals surface area contributed by atoms with Crippen molar-refractivity contribution >= 4 is 29.0 Å². The van der Waals surface area contributed by atoms with Gasteiger partial charge in [0.05, 0.1) is 5.69 Å². The molecule has 0 atom stereocenters. The van der Waals surface area contributed by atoms with E-state index in [0.717, 1.165) is 64.2 Å². The number of likely N-dealkylation sites (N-methyl/N-ethyl adjacent to an activating group) is 1. The lowest BCUT2D eigenvalue weighted by molar-refractivity contribution is 0.0702. The summed E-state index contributed by atoms with van der Waals surface area (Å²) in [6.45, 7) is 10.1. The molecular formula is C33H39N3O2S. The first kappa shape index (κ1) is 27.4. The van der Waals surface area contributed by atoms with Gasteiger partial charge in [-0.25, -0.2) is 9.78 Å². The molecular weight excluding hydrogens is 502 g/mol. The molecule has 204 valence electrons. The van der Waals surface area contributed by atoms with E-state index in [2.05, 4.69) is 67.3 Å². The van der Waals surface area contributed by atoms with Crippen molar-refractivity contribution in [1.29, 1.82) is 0 Å². The molecule has 0 amide bonds. The monoisotopic (exact) mass is 541 g/mol. The highest BCUT2D eigenvalue weighted by molar-refractivity contribution is 7.17. The number of nitrogens with zero attached hydrogens (tertiary/aromatic N) is 3. The van der Waals surface area contributed by atoms with Crippen LogP contribution < -0.4 is 0 Å². The summed E-state index contributed by atoms with van der Waals surface area (Å²) >= 11 is 1.40. The van der Waals surface area contributed by atoms with E-state index in [1.807, 2.05) is 19.2 Å². The predicted octanol–water partition coefficient (Wildman–Crippen LogP) is 7.94. The van der Waals surface area contributed by atoms with E-state index < -0.39 is 5.97 Å². The molecule has 3 heterocycles. The summed E-state index contributed by atoms with van der Waals surface area (Å²) < 4.78 is 2.10. The van der Waals surface area contributed by atoms with Gasteiger partial charge in [0.1, 0.15) is 10.7 Å². The molecule has 1 fully saturated rings. The van der Waals surface area contributed by atoms with Crippen LogP contribution in [0.15, 0.2) is 54.6 Å². The second kappa shape index (κ2) is 11.5. The van der Waals surface area contributed by atoms with Gasteiger partial charge in [0.15, 0.2) is 0 Å². The minimum Gasteiger partial charge on any atom is -0.477 e. The van der Waals surface area contributed by atoms with Gasteiger partial charge in [0, 0.05) is 41.8 Å². The Kier molecular flexibility index (Phi) is 8.06. The molecule has 2 aromatic heterocycles. The Morgan fingerprint density at radius 3 is 2.49 bits per heavy atom. The van der Waals surface area contributed by atoms with Crippen LogP contribution >= 0.6 is 11.3 Å². The number of thiophene rings is 1. The molecule has 0 bridgehead atoms. The zero-order valence-electron chi connectivity index (χ0n) is 23.5. The minimum absolute atomic E-state index is 0.466. The van der Waals surface area contributed by atoms with Gasteiger partial charge in [0.2, 0.25) is 0 Å². The van der Waals surface area contributed by atoms with Crippen molar-refractivity contribution in [2.45, 2.75) is 46.0 Å². The van der Waals surface area contributed by atoms with Crippen molar-refractivity contribution in [3.63, 3.8) is 0 Å². The van der Waals surface area contributed by atoms with E-state index in [9.17, 15) is 9.90 Å². The summed E-state index contributed by atoms with van der Waals surface area (Å²) in [5.74, 6) is 1.44. The summed E-state index contributed by atoms with van der Waals surface area (Å²) in [6, 6.07) is 10.5. The van der Waals surface area contributed by atoms with Crippen LogP contribution in [0.3, 0.4) is 0 Å². The van der Waals surface area contributed by atoms with Crippen LogP contribution in [0.5, 0.6) is 0 Å². The van der Waals surface area contributed by atoms with Crippen molar-refractivity contribution < 1.29 is 9.90 Å². The highest BCUT2D eigenvalue weighted by Crippen LogP contribution is 2.43. The number of carboxylic acids is 1. The van der Waals surface area contributed by atoms with E-state index in [0.29, 0.717) is 10.8 Å². The van der Waals surface area contributed by atoms with Gasteiger partial charge >= 0.3 is 5.97 Å². The number of aromatic nitrogens is 2. The first-order chi connectivity index (χ1) is 18.8. The number of allylic oxidation sites excluding steroid dienone is 2. The molecule has 1 saturated carbocycles. The van der Waals surface area contributed by atoms with Gasteiger partial charge in [-0.15, -0.1) is 11.3 Å². The fourth-order valence-corrected chi connectivity index (χ4v) is 7.13. The lowest BCUT2D eigenvalue weighted by atomic mass is 9.75. The first-order valence-electron chi connectivity index (χ1n) is 14.0. The Morgan fingerprint density at radius 1 is 1.13 bits per heavy atom. The Hall–Kier alpha value is -3.22. The number of hydrogen-bond donors (Lipinski definition) is 1. The summed E-state index contributed by atoms with van der Waals surface area (Å²) in [5, 5.41) is 10.2. The second-order valence-electron chi connectivity index (χ2n) is 11.2. The van der Waals surface area contributed by atoms with Crippen molar-refractivity contribution in [2.24, 2.45) is 18.9 Å². The van der Waals surface area contributed by atoms with Gasteiger partial charge in [-0.3, -0.25) is 0 Å². The lowest BCUT2D eigenvalue weighted by Gasteiger charge is -2.35. The summed E-state index contributed by atoms with van der Waals surface area (Å²) in [7, 11) is 4.21. The molecule has 2 aliphatic rings. The van der Waals surface area contributed by atoms with Crippen molar-refractivity contribution in [3.05, 3.63) is 76.5 Å². The zero-order valence-corrected chi connectivity index (χ0v) is 24.4. The molecule has 1 aliphatic carbocycles. The fraction of sp³-hybridized carbons (Fsp3) is 0.394. The average molecular weight is 542 g/mol. The number of carbonyl (C=O) groups is 1.